The first-order valence-corrected chi connectivity index (χ1v) is 6.08. The van der Waals surface area contributed by atoms with Gasteiger partial charge in [-0.1, -0.05) is 18.2 Å². The van der Waals surface area contributed by atoms with Crippen LogP contribution in [0, 0.1) is 23.1 Å². The Bertz CT molecular complexity index is 418. The van der Waals surface area contributed by atoms with Crippen molar-refractivity contribution >= 4 is 0 Å². The van der Waals surface area contributed by atoms with Gasteiger partial charge in [-0.15, -0.1) is 0 Å². The minimum absolute atomic E-state index is 0.0440. The normalized spacial score (nSPS) is 24.8. The third kappa shape index (κ3) is 2.83. The van der Waals surface area contributed by atoms with Gasteiger partial charge >= 0.3 is 0 Å². The highest BCUT2D eigenvalue weighted by atomic mass is 19.1. The minimum Gasteiger partial charge on any atom is -0.313 e. The van der Waals surface area contributed by atoms with E-state index in [9.17, 15) is 4.39 Å². The van der Waals surface area contributed by atoms with Crippen LogP contribution in [0.5, 0.6) is 0 Å². The molecular weight excluding hydrogens is 215 g/mol. The molecule has 17 heavy (non-hydrogen) atoms. The molecule has 0 aromatic heterocycles. The standard InChI is InChI=1S/C14H17FN2/c1-10(8-16)9-17-12-6-11(7-12)13-4-2-3-5-14(13)15/h2-5,10-12,17H,6-7,9H2,1H3. The van der Waals surface area contributed by atoms with Crippen LogP contribution >= 0.6 is 0 Å². The van der Waals surface area contributed by atoms with Gasteiger partial charge in [-0.05, 0) is 37.3 Å². The summed E-state index contributed by atoms with van der Waals surface area (Å²) < 4.78 is 13.5. The van der Waals surface area contributed by atoms with E-state index in [1.54, 1.807) is 6.07 Å². The molecule has 0 radical (unpaired) electrons. The summed E-state index contributed by atoms with van der Waals surface area (Å²) in [6.07, 6.45) is 1.94. The highest BCUT2D eigenvalue weighted by molar-refractivity contribution is 5.24. The van der Waals surface area contributed by atoms with E-state index in [1.165, 1.54) is 6.07 Å². The first kappa shape index (κ1) is 12.1. The molecule has 1 unspecified atom stereocenters. The van der Waals surface area contributed by atoms with E-state index in [2.05, 4.69) is 11.4 Å². The van der Waals surface area contributed by atoms with E-state index in [0.717, 1.165) is 24.9 Å². The molecule has 1 aromatic rings. The van der Waals surface area contributed by atoms with Crippen molar-refractivity contribution in [3.8, 4) is 6.07 Å². The van der Waals surface area contributed by atoms with E-state index >= 15 is 0 Å². The number of halogens is 1. The molecule has 0 saturated heterocycles. The molecule has 3 heteroatoms. The first-order valence-electron chi connectivity index (χ1n) is 6.08. The average molecular weight is 232 g/mol. The summed E-state index contributed by atoms with van der Waals surface area (Å²) in [5.74, 6) is 0.287. The van der Waals surface area contributed by atoms with Gasteiger partial charge in [0.25, 0.3) is 0 Å². The van der Waals surface area contributed by atoms with E-state index in [4.69, 9.17) is 5.26 Å². The smallest absolute Gasteiger partial charge is 0.126 e. The van der Waals surface area contributed by atoms with Crippen LogP contribution in [0.25, 0.3) is 0 Å². The van der Waals surface area contributed by atoms with Gasteiger partial charge in [0.05, 0.1) is 12.0 Å². The van der Waals surface area contributed by atoms with Crippen molar-refractivity contribution in [2.75, 3.05) is 6.54 Å². The maximum Gasteiger partial charge on any atom is 0.126 e. The fraction of sp³-hybridized carbons (Fsp3) is 0.500. The predicted molar refractivity (Wildman–Crippen MR) is 64.9 cm³/mol. The monoisotopic (exact) mass is 232 g/mol. The van der Waals surface area contributed by atoms with Crippen LogP contribution in [0.1, 0.15) is 31.2 Å². The molecule has 2 nitrogen and oxygen atoms in total. The highest BCUT2D eigenvalue weighted by Gasteiger charge is 2.31. The number of nitrogens with one attached hydrogen (secondary N) is 1. The molecule has 90 valence electrons. The summed E-state index contributed by atoms with van der Waals surface area (Å²) >= 11 is 0. The maximum atomic E-state index is 13.5. The van der Waals surface area contributed by atoms with Gasteiger partial charge in [0.15, 0.2) is 0 Å². The van der Waals surface area contributed by atoms with E-state index in [-0.39, 0.29) is 11.7 Å². The van der Waals surface area contributed by atoms with Crippen LogP contribution in [0.3, 0.4) is 0 Å². The van der Waals surface area contributed by atoms with Crippen molar-refractivity contribution in [2.24, 2.45) is 5.92 Å². The number of benzene rings is 1. The number of hydrogen-bond donors (Lipinski definition) is 1. The first-order chi connectivity index (χ1) is 8.20. The van der Waals surface area contributed by atoms with Crippen LogP contribution in [0.2, 0.25) is 0 Å². The zero-order chi connectivity index (χ0) is 12.3. The molecule has 0 aliphatic heterocycles. The zero-order valence-corrected chi connectivity index (χ0v) is 9.99. The van der Waals surface area contributed by atoms with Gasteiger partial charge in [-0.2, -0.15) is 5.26 Å². The van der Waals surface area contributed by atoms with Gasteiger partial charge in [0.1, 0.15) is 5.82 Å². The van der Waals surface area contributed by atoms with E-state index < -0.39 is 0 Å². The fourth-order valence-corrected chi connectivity index (χ4v) is 2.23. The molecule has 0 bridgehead atoms. The fourth-order valence-electron chi connectivity index (χ4n) is 2.23. The average Bonchev–Trinajstić information content (AvgIpc) is 2.28. The Morgan fingerprint density at radius 1 is 1.47 bits per heavy atom. The summed E-state index contributed by atoms with van der Waals surface area (Å²) in [4.78, 5) is 0. The Labute approximate surface area is 101 Å². The lowest BCUT2D eigenvalue weighted by molar-refractivity contribution is 0.280. The predicted octanol–water partition coefficient (Wildman–Crippen LogP) is 2.82. The third-order valence-corrected chi connectivity index (χ3v) is 3.42. The van der Waals surface area contributed by atoms with Gasteiger partial charge < -0.3 is 5.32 Å². The number of nitrogens with zero attached hydrogens (tertiary/aromatic N) is 1. The summed E-state index contributed by atoms with van der Waals surface area (Å²) in [6, 6.07) is 9.64. The van der Waals surface area contributed by atoms with Crippen LogP contribution in [0.15, 0.2) is 24.3 Å². The summed E-state index contributed by atoms with van der Waals surface area (Å²) in [5.41, 5.74) is 0.832. The topological polar surface area (TPSA) is 35.8 Å². The van der Waals surface area contributed by atoms with Crippen LogP contribution in [-0.4, -0.2) is 12.6 Å². The Balaban J connectivity index is 1.80. The van der Waals surface area contributed by atoms with Crippen LogP contribution in [-0.2, 0) is 0 Å². The molecule has 0 spiro atoms. The maximum absolute atomic E-state index is 13.5. The Morgan fingerprint density at radius 2 is 2.18 bits per heavy atom. The lowest BCUT2D eigenvalue weighted by atomic mass is 9.75. The van der Waals surface area contributed by atoms with Crippen molar-refractivity contribution in [3.63, 3.8) is 0 Å². The SMILES string of the molecule is CC(C#N)CNC1CC(c2ccccc2F)C1. The number of nitriles is 1. The van der Waals surface area contributed by atoms with Gasteiger partial charge in [-0.25, -0.2) is 4.39 Å². The molecule has 0 heterocycles. The second kappa shape index (κ2) is 5.29. The van der Waals surface area contributed by atoms with Gasteiger partial charge in [0, 0.05) is 12.6 Å². The molecule has 1 aliphatic carbocycles. The van der Waals surface area contributed by atoms with Gasteiger partial charge in [-0.3, -0.25) is 0 Å². The lowest BCUT2D eigenvalue weighted by Gasteiger charge is -2.36. The molecule has 1 N–H and O–H groups in total. The molecule has 2 rings (SSSR count). The third-order valence-electron chi connectivity index (χ3n) is 3.42. The Hall–Kier alpha value is -1.40. The quantitative estimate of drug-likeness (QED) is 0.866. The summed E-state index contributed by atoms with van der Waals surface area (Å²) in [7, 11) is 0. The molecule has 1 saturated carbocycles. The molecule has 1 aromatic carbocycles. The molecule has 1 aliphatic rings. The van der Waals surface area contributed by atoms with Crippen molar-refractivity contribution in [1.82, 2.24) is 5.32 Å². The van der Waals surface area contributed by atoms with Crippen molar-refractivity contribution in [3.05, 3.63) is 35.6 Å². The largest absolute Gasteiger partial charge is 0.313 e. The molecular formula is C14H17FN2. The van der Waals surface area contributed by atoms with Crippen molar-refractivity contribution in [1.29, 1.82) is 5.26 Å². The zero-order valence-electron chi connectivity index (χ0n) is 9.99. The van der Waals surface area contributed by atoms with Crippen molar-refractivity contribution < 1.29 is 4.39 Å². The van der Waals surface area contributed by atoms with Crippen LogP contribution in [0.4, 0.5) is 4.39 Å². The number of rotatable bonds is 4. The van der Waals surface area contributed by atoms with Crippen molar-refractivity contribution in [2.45, 2.75) is 31.7 Å². The second-order valence-electron chi connectivity index (χ2n) is 4.83. The number of hydrogen-bond acceptors (Lipinski definition) is 2. The molecule has 1 atom stereocenters. The second-order valence-corrected chi connectivity index (χ2v) is 4.83. The van der Waals surface area contributed by atoms with Crippen LogP contribution < -0.4 is 5.32 Å². The Morgan fingerprint density at radius 3 is 2.82 bits per heavy atom. The summed E-state index contributed by atoms with van der Waals surface area (Å²) in [6.45, 7) is 2.63. The van der Waals surface area contributed by atoms with E-state index in [1.807, 2.05) is 19.1 Å². The molecule has 0 amide bonds. The van der Waals surface area contributed by atoms with E-state index in [0.29, 0.717) is 12.0 Å². The summed E-state index contributed by atoms with van der Waals surface area (Å²) in [5, 5.41) is 12.0. The van der Waals surface area contributed by atoms with Gasteiger partial charge in [0.2, 0.25) is 0 Å². The minimum atomic E-state index is -0.0960. The lowest BCUT2D eigenvalue weighted by Crippen LogP contribution is -2.42. The molecule has 1 fully saturated rings. The Kier molecular flexibility index (Phi) is 3.75. The highest BCUT2D eigenvalue weighted by Crippen LogP contribution is 2.37.